The highest BCUT2D eigenvalue weighted by atomic mass is 16.5. The molecule has 1 fully saturated rings. The molecule has 1 aliphatic rings. The fourth-order valence-electron chi connectivity index (χ4n) is 3.74. The van der Waals surface area contributed by atoms with E-state index < -0.39 is 0 Å². The minimum atomic E-state index is 0.204. The number of hydrogen-bond donors (Lipinski definition) is 1. The normalized spacial score (nSPS) is 20.0. The van der Waals surface area contributed by atoms with Gasteiger partial charge in [0.05, 0.1) is 12.7 Å². The van der Waals surface area contributed by atoms with Gasteiger partial charge in [-0.3, -0.25) is 0 Å². The van der Waals surface area contributed by atoms with Crippen molar-refractivity contribution in [3.63, 3.8) is 0 Å². The minimum Gasteiger partial charge on any atom is -0.372 e. The van der Waals surface area contributed by atoms with E-state index >= 15 is 0 Å². The summed E-state index contributed by atoms with van der Waals surface area (Å²) in [5.41, 5.74) is 5.16. The van der Waals surface area contributed by atoms with Crippen LogP contribution in [0.5, 0.6) is 0 Å². The summed E-state index contributed by atoms with van der Waals surface area (Å²) >= 11 is 0. The fraction of sp³-hybridized carbons (Fsp3) is 0.250. The maximum atomic E-state index is 6.32. The van der Waals surface area contributed by atoms with Crippen LogP contribution in [-0.4, -0.2) is 19.2 Å². The first-order valence-corrected chi connectivity index (χ1v) is 9.42. The van der Waals surface area contributed by atoms with Crippen LogP contribution in [0, 0.1) is 0 Å². The SMILES string of the molecule is c1ccc(COC2CNCCC2c2cccc(-c3ccccc3)c2)cc1. The summed E-state index contributed by atoms with van der Waals surface area (Å²) in [6.45, 7) is 2.63. The van der Waals surface area contributed by atoms with Crippen molar-refractivity contribution in [1.82, 2.24) is 5.32 Å². The first-order valence-electron chi connectivity index (χ1n) is 9.42. The molecule has 2 atom stereocenters. The van der Waals surface area contributed by atoms with Crippen molar-refractivity contribution in [2.75, 3.05) is 13.1 Å². The van der Waals surface area contributed by atoms with Crippen LogP contribution in [-0.2, 0) is 11.3 Å². The Morgan fingerprint density at radius 3 is 2.35 bits per heavy atom. The molecular formula is C24H25NO. The summed E-state index contributed by atoms with van der Waals surface area (Å²) in [6, 6.07) is 30.0. The van der Waals surface area contributed by atoms with E-state index in [1.54, 1.807) is 0 Å². The lowest BCUT2D eigenvalue weighted by Gasteiger charge is -2.32. The van der Waals surface area contributed by atoms with Crippen LogP contribution in [0.1, 0.15) is 23.5 Å². The molecule has 0 radical (unpaired) electrons. The standard InChI is InChI=1S/C24H25NO/c1-3-8-19(9-4-1)18-26-24-17-25-15-14-23(24)22-13-7-12-21(16-22)20-10-5-2-6-11-20/h1-13,16,23-25H,14-15,17-18H2. The molecule has 0 aromatic heterocycles. The van der Waals surface area contributed by atoms with Gasteiger partial charge in [-0.15, -0.1) is 0 Å². The summed E-state index contributed by atoms with van der Waals surface area (Å²) in [7, 11) is 0. The number of piperidine rings is 1. The summed E-state index contributed by atoms with van der Waals surface area (Å²) in [5, 5.41) is 3.49. The molecule has 1 saturated heterocycles. The molecule has 1 N–H and O–H groups in total. The molecule has 2 heteroatoms. The van der Waals surface area contributed by atoms with E-state index in [0.717, 1.165) is 19.5 Å². The molecule has 4 rings (SSSR count). The highest BCUT2D eigenvalue weighted by molar-refractivity contribution is 5.64. The average Bonchev–Trinajstić information content (AvgIpc) is 2.74. The Bertz CT molecular complexity index is 816. The van der Waals surface area contributed by atoms with Crippen molar-refractivity contribution < 1.29 is 4.74 Å². The third-order valence-corrected chi connectivity index (χ3v) is 5.16. The molecule has 0 saturated carbocycles. The molecule has 2 nitrogen and oxygen atoms in total. The van der Waals surface area contributed by atoms with Gasteiger partial charge in [-0.05, 0) is 35.2 Å². The van der Waals surface area contributed by atoms with E-state index in [4.69, 9.17) is 4.74 Å². The molecule has 0 spiro atoms. The number of ether oxygens (including phenoxy) is 1. The van der Waals surface area contributed by atoms with Crippen LogP contribution >= 0.6 is 0 Å². The van der Waals surface area contributed by atoms with Gasteiger partial charge in [0, 0.05) is 12.5 Å². The second kappa shape index (κ2) is 8.31. The Morgan fingerprint density at radius 1 is 0.808 bits per heavy atom. The zero-order valence-corrected chi connectivity index (χ0v) is 15.0. The maximum Gasteiger partial charge on any atom is 0.0772 e. The molecule has 3 aromatic carbocycles. The Kier molecular flexibility index (Phi) is 5.44. The second-order valence-electron chi connectivity index (χ2n) is 6.93. The quantitative estimate of drug-likeness (QED) is 0.703. The molecule has 1 heterocycles. The minimum absolute atomic E-state index is 0.204. The van der Waals surface area contributed by atoms with Crippen molar-refractivity contribution in [3.8, 4) is 11.1 Å². The third-order valence-electron chi connectivity index (χ3n) is 5.16. The van der Waals surface area contributed by atoms with Gasteiger partial charge < -0.3 is 10.1 Å². The Balaban J connectivity index is 1.52. The maximum absolute atomic E-state index is 6.32. The average molecular weight is 343 g/mol. The number of nitrogens with one attached hydrogen (secondary N) is 1. The molecule has 0 amide bonds. The van der Waals surface area contributed by atoms with E-state index in [9.17, 15) is 0 Å². The zero-order valence-electron chi connectivity index (χ0n) is 15.0. The van der Waals surface area contributed by atoms with Crippen LogP contribution in [0.15, 0.2) is 84.9 Å². The summed E-state index contributed by atoms with van der Waals surface area (Å²) in [5.74, 6) is 0.434. The van der Waals surface area contributed by atoms with Gasteiger partial charge in [-0.25, -0.2) is 0 Å². The van der Waals surface area contributed by atoms with Crippen LogP contribution in [0.4, 0.5) is 0 Å². The lowest BCUT2D eigenvalue weighted by atomic mass is 9.86. The Morgan fingerprint density at radius 2 is 1.54 bits per heavy atom. The molecular weight excluding hydrogens is 318 g/mol. The molecule has 3 aromatic rings. The van der Waals surface area contributed by atoms with Gasteiger partial charge >= 0.3 is 0 Å². The zero-order chi connectivity index (χ0) is 17.6. The van der Waals surface area contributed by atoms with Crippen molar-refractivity contribution in [1.29, 1.82) is 0 Å². The molecule has 132 valence electrons. The molecule has 0 aliphatic carbocycles. The highest BCUT2D eigenvalue weighted by Gasteiger charge is 2.27. The van der Waals surface area contributed by atoms with Crippen LogP contribution in [0.25, 0.3) is 11.1 Å². The number of benzene rings is 3. The molecule has 0 bridgehead atoms. The van der Waals surface area contributed by atoms with Crippen LogP contribution < -0.4 is 5.32 Å². The first kappa shape index (κ1) is 17.0. The van der Waals surface area contributed by atoms with Gasteiger partial charge in [0.1, 0.15) is 0 Å². The number of rotatable bonds is 5. The number of hydrogen-bond acceptors (Lipinski definition) is 2. The van der Waals surface area contributed by atoms with Gasteiger partial charge in [0.2, 0.25) is 0 Å². The molecule has 2 unspecified atom stereocenters. The van der Waals surface area contributed by atoms with Crippen molar-refractivity contribution >= 4 is 0 Å². The van der Waals surface area contributed by atoms with Crippen molar-refractivity contribution in [3.05, 3.63) is 96.1 Å². The van der Waals surface area contributed by atoms with Crippen molar-refractivity contribution in [2.24, 2.45) is 0 Å². The van der Waals surface area contributed by atoms with Crippen LogP contribution in [0.3, 0.4) is 0 Å². The summed E-state index contributed by atoms with van der Waals surface area (Å²) in [4.78, 5) is 0. The summed E-state index contributed by atoms with van der Waals surface area (Å²) < 4.78 is 6.32. The highest BCUT2D eigenvalue weighted by Crippen LogP contribution is 2.31. The van der Waals surface area contributed by atoms with E-state index in [1.165, 1.54) is 22.3 Å². The molecule has 1 aliphatic heterocycles. The third kappa shape index (κ3) is 4.04. The first-order chi connectivity index (χ1) is 12.9. The van der Waals surface area contributed by atoms with E-state index in [0.29, 0.717) is 12.5 Å². The predicted octanol–water partition coefficient (Wildman–Crippen LogP) is 5.02. The lowest BCUT2D eigenvalue weighted by Crippen LogP contribution is -2.40. The van der Waals surface area contributed by atoms with Gasteiger partial charge in [-0.1, -0.05) is 84.9 Å². The van der Waals surface area contributed by atoms with E-state index in [-0.39, 0.29) is 6.10 Å². The van der Waals surface area contributed by atoms with Gasteiger partial charge in [0.15, 0.2) is 0 Å². The van der Waals surface area contributed by atoms with Gasteiger partial charge in [0.25, 0.3) is 0 Å². The summed E-state index contributed by atoms with van der Waals surface area (Å²) in [6.07, 6.45) is 1.31. The van der Waals surface area contributed by atoms with Crippen LogP contribution in [0.2, 0.25) is 0 Å². The van der Waals surface area contributed by atoms with Gasteiger partial charge in [-0.2, -0.15) is 0 Å². The second-order valence-corrected chi connectivity index (χ2v) is 6.93. The topological polar surface area (TPSA) is 21.3 Å². The lowest BCUT2D eigenvalue weighted by molar-refractivity contribution is 0.0106. The Hall–Kier alpha value is -2.42. The smallest absolute Gasteiger partial charge is 0.0772 e. The van der Waals surface area contributed by atoms with E-state index in [1.807, 2.05) is 6.07 Å². The fourth-order valence-corrected chi connectivity index (χ4v) is 3.74. The molecule has 26 heavy (non-hydrogen) atoms. The predicted molar refractivity (Wildman–Crippen MR) is 107 cm³/mol. The Labute approximate surface area is 155 Å². The largest absolute Gasteiger partial charge is 0.372 e. The van der Waals surface area contributed by atoms with E-state index in [2.05, 4.69) is 84.2 Å². The monoisotopic (exact) mass is 343 g/mol. The van der Waals surface area contributed by atoms with Crippen molar-refractivity contribution in [2.45, 2.75) is 25.0 Å².